The Balaban J connectivity index is 2.22. The highest BCUT2D eigenvalue weighted by molar-refractivity contribution is 9.10. The molecule has 0 bridgehead atoms. The lowest BCUT2D eigenvalue weighted by Gasteiger charge is -2.06. The molecule has 1 fully saturated rings. The fourth-order valence-electron chi connectivity index (χ4n) is 1.57. The van der Waals surface area contributed by atoms with E-state index < -0.39 is 6.10 Å². The Morgan fingerprint density at radius 3 is 2.81 bits per heavy atom. The molecule has 0 spiro atoms. The van der Waals surface area contributed by atoms with E-state index in [0.717, 1.165) is 10.0 Å². The van der Waals surface area contributed by atoms with E-state index in [2.05, 4.69) is 20.7 Å². The van der Waals surface area contributed by atoms with E-state index in [1.54, 1.807) is 7.11 Å². The molecular formula is C11H11BrO4. The molecule has 86 valence electrons. The van der Waals surface area contributed by atoms with E-state index in [-0.39, 0.29) is 12.1 Å². The van der Waals surface area contributed by atoms with E-state index in [9.17, 15) is 4.79 Å². The molecule has 1 aliphatic heterocycles. The summed E-state index contributed by atoms with van der Waals surface area (Å²) in [5.74, 6) is 0.353. The summed E-state index contributed by atoms with van der Waals surface area (Å²) >= 11 is 3.37. The van der Waals surface area contributed by atoms with E-state index in [4.69, 9.17) is 9.47 Å². The number of carbonyl (C=O) groups is 1. The summed E-state index contributed by atoms with van der Waals surface area (Å²) in [7, 11) is 2.93. The van der Waals surface area contributed by atoms with Crippen molar-refractivity contribution in [3.05, 3.63) is 28.2 Å². The van der Waals surface area contributed by atoms with Crippen molar-refractivity contribution in [1.82, 2.24) is 0 Å². The number of benzene rings is 1. The molecular weight excluding hydrogens is 276 g/mol. The summed E-state index contributed by atoms with van der Waals surface area (Å²) in [5.41, 5.74) is 0.854. The van der Waals surface area contributed by atoms with Crippen molar-refractivity contribution in [1.29, 1.82) is 0 Å². The van der Waals surface area contributed by atoms with Gasteiger partial charge in [0, 0.05) is 10.0 Å². The van der Waals surface area contributed by atoms with Crippen LogP contribution >= 0.6 is 15.9 Å². The topological polar surface area (TPSA) is 48.1 Å². The number of esters is 1. The van der Waals surface area contributed by atoms with E-state index >= 15 is 0 Å². The van der Waals surface area contributed by atoms with Gasteiger partial charge < -0.3 is 14.2 Å². The standard InChI is InChI=1S/C11H11BrO4/c1-14-8-4-3-6(12)5-7(8)9-10(16-9)11(13)15-2/h3-5,9-10H,1-2H3/t9-,10-/m1/s1. The first kappa shape index (κ1) is 11.4. The predicted octanol–water partition coefficient (Wildman–Crippen LogP) is 2.07. The van der Waals surface area contributed by atoms with Crippen LogP contribution in [0.3, 0.4) is 0 Å². The number of carbonyl (C=O) groups excluding carboxylic acids is 1. The zero-order chi connectivity index (χ0) is 11.7. The predicted molar refractivity (Wildman–Crippen MR) is 60.3 cm³/mol. The van der Waals surface area contributed by atoms with E-state index in [1.807, 2.05) is 18.2 Å². The first-order valence-electron chi connectivity index (χ1n) is 4.74. The Hall–Kier alpha value is -1.07. The quantitative estimate of drug-likeness (QED) is 0.630. The van der Waals surface area contributed by atoms with Gasteiger partial charge in [0.25, 0.3) is 0 Å². The third kappa shape index (κ3) is 2.05. The summed E-state index contributed by atoms with van der Waals surface area (Å²) in [6.07, 6.45) is -0.770. The van der Waals surface area contributed by atoms with Crippen molar-refractivity contribution in [2.45, 2.75) is 12.2 Å². The maximum absolute atomic E-state index is 11.2. The minimum atomic E-state index is -0.506. The van der Waals surface area contributed by atoms with Crippen LogP contribution in [0.5, 0.6) is 5.75 Å². The average molecular weight is 287 g/mol. The molecule has 1 saturated heterocycles. The molecule has 0 amide bonds. The molecule has 1 aromatic rings. The molecule has 0 aliphatic carbocycles. The van der Waals surface area contributed by atoms with Crippen LogP contribution in [0.15, 0.2) is 22.7 Å². The largest absolute Gasteiger partial charge is 0.496 e. The molecule has 0 aromatic heterocycles. The van der Waals surface area contributed by atoms with Crippen LogP contribution in [-0.4, -0.2) is 26.3 Å². The Morgan fingerprint density at radius 2 is 2.19 bits per heavy atom. The number of rotatable bonds is 3. The Labute approximate surface area is 102 Å². The number of hydrogen-bond acceptors (Lipinski definition) is 4. The molecule has 4 nitrogen and oxygen atoms in total. The van der Waals surface area contributed by atoms with Crippen LogP contribution in [0.25, 0.3) is 0 Å². The number of ether oxygens (including phenoxy) is 3. The van der Waals surface area contributed by atoms with Gasteiger partial charge in [-0.1, -0.05) is 15.9 Å². The fraction of sp³-hybridized carbons (Fsp3) is 0.364. The SMILES string of the molecule is COC(=O)[C@@H]1O[C@@H]1c1cc(Br)ccc1OC. The van der Waals surface area contributed by atoms with Gasteiger partial charge in [-0.25, -0.2) is 4.79 Å². The monoisotopic (exact) mass is 286 g/mol. The molecule has 16 heavy (non-hydrogen) atoms. The molecule has 0 unspecified atom stereocenters. The second-order valence-corrected chi connectivity index (χ2v) is 4.30. The van der Waals surface area contributed by atoms with Crippen LogP contribution in [0.1, 0.15) is 11.7 Å². The second kappa shape index (κ2) is 4.43. The van der Waals surface area contributed by atoms with Crippen molar-refractivity contribution in [3.8, 4) is 5.75 Å². The van der Waals surface area contributed by atoms with Gasteiger partial charge in [-0.2, -0.15) is 0 Å². The lowest BCUT2D eigenvalue weighted by Crippen LogP contribution is -2.09. The molecule has 1 aromatic carbocycles. The van der Waals surface area contributed by atoms with Crippen molar-refractivity contribution < 1.29 is 19.0 Å². The van der Waals surface area contributed by atoms with E-state index in [0.29, 0.717) is 5.75 Å². The zero-order valence-corrected chi connectivity index (χ0v) is 10.5. The van der Waals surface area contributed by atoms with Gasteiger partial charge in [-0.3, -0.25) is 0 Å². The lowest BCUT2D eigenvalue weighted by molar-refractivity contribution is -0.142. The first-order chi connectivity index (χ1) is 7.67. The Morgan fingerprint density at radius 1 is 1.44 bits per heavy atom. The van der Waals surface area contributed by atoms with Gasteiger partial charge in [-0.05, 0) is 18.2 Å². The molecule has 5 heteroatoms. The maximum atomic E-state index is 11.2. The average Bonchev–Trinajstić information content (AvgIpc) is 3.08. The molecule has 0 radical (unpaired) electrons. The van der Waals surface area contributed by atoms with Crippen LogP contribution < -0.4 is 4.74 Å². The Bertz CT molecular complexity index is 418. The molecule has 1 aliphatic rings. The highest BCUT2D eigenvalue weighted by Gasteiger charge is 2.48. The van der Waals surface area contributed by atoms with Crippen molar-refractivity contribution >= 4 is 21.9 Å². The second-order valence-electron chi connectivity index (χ2n) is 3.39. The smallest absolute Gasteiger partial charge is 0.338 e. The summed E-state index contributed by atoms with van der Waals surface area (Å²) in [5, 5.41) is 0. The highest BCUT2D eigenvalue weighted by Crippen LogP contribution is 2.44. The highest BCUT2D eigenvalue weighted by atomic mass is 79.9. The van der Waals surface area contributed by atoms with Crippen LogP contribution in [0, 0.1) is 0 Å². The van der Waals surface area contributed by atoms with Gasteiger partial charge in [0.05, 0.1) is 14.2 Å². The molecule has 0 saturated carbocycles. The summed E-state index contributed by atoms with van der Waals surface area (Å²) in [4.78, 5) is 11.2. The zero-order valence-electron chi connectivity index (χ0n) is 8.90. The van der Waals surface area contributed by atoms with Gasteiger partial charge in [-0.15, -0.1) is 0 Å². The van der Waals surface area contributed by atoms with Gasteiger partial charge in [0.1, 0.15) is 11.9 Å². The molecule has 2 atom stereocenters. The Kier molecular flexibility index (Phi) is 3.16. The van der Waals surface area contributed by atoms with Crippen molar-refractivity contribution in [2.75, 3.05) is 14.2 Å². The normalized spacial score (nSPS) is 22.7. The number of hydrogen-bond donors (Lipinski definition) is 0. The van der Waals surface area contributed by atoms with Crippen LogP contribution in [-0.2, 0) is 14.3 Å². The molecule has 0 N–H and O–H groups in total. The lowest BCUT2D eigenvalue weighted by atomic mass is 10.1. The summed E-state index contributed by atoms with van der Waals surface area (Å²) in [6.45, 7) is 0. The third-order valence-corrected chi connectivity index (χ3v) is 2.92. The molecule has 1 heterocycles. The van der Waals surface area contributed by atoms with Crippen LogP contribution in [0.4, 0.5) is 0 Å². The number of methoxy groups -OCH3 is 2. The summed E-state index contributed by atoms with van der Waals surface area (Å²) in [6, 6.07) is 5.58. The minimum Gasteiger partial charge on any atom is -0.496 e. The third-order valence-electron chi connectivity index (χ3n) is 2.42. The van der Waals surface area contributed by atoms with Crippen molar-refractivity contribution in [2.24, 2.45) is 0 Å². The van der Waals surface area contributed by atoms with Crippen molar-refractivity contribution in [3.63, 3.8) is 0 Å². The molecule has 2 rings (SSSR count). The minimum absolute atomic E-state index is 0.264. The number of epoxide rings is 1. The summed E-state index contributed by atoms with van der Waals surface area (Å²) < 4.78 is 16.0. The number of halogens is 1. The van der Waals surface area contributed by atoms with E-state index in [1.165, 1.54) is 7.11 Å². The van der Waals surface area contributed by atoms with Crippen LogP contribution in [0.2, 0.25) is 0 Å². The van der Waals surface area contributed by atoms with Gasteiger partial charge >= 0.3 is 5.97 Å². The maximum Gasteiger partial charge on any atom is 0.338 e. The fourth-order valence-corrected chi connectivity index (χ4v) is 1.95. The first-order valence-corrected chi connectivity index (χ1v) is 5.53. The van der Waals surface area contributed by atoms with Gasteiger partial charge in [0.2, 0.25) is 0 Å². The van der Waals surface area contributed by atoms with Gasteiger partial charge in [0.15, 0.2) is 6.10 Å².